The standard InChI is InChI=1S/C19H24N2O2S/c1-14-15(2)24-19(23)21(14)13-10-18(22)20-11-8-17(9-12-20)16-6-4-3-5-7-16/h3-7,17H,8-13H2,1-2H3. The lowest BCUT2D eigenvalue weighted by Gasteiger charge is -2.32. The number of aromatic nitrogens is 1. The van der Waals surface area contributed by atoms with Crippen molar-refractivity contribution in [1.82, 2.24) is 9.47 Å². The maximum atomic E-state index is 12.5. The number of rotatable bonds is 4. The highest BCUT2D eigenvalue weighted by Crippen LogP contribution is 2.28. The third-order valence-corrected chi connectivity index (χ3v) is 6.04. The van der Waals surface area contributed by atoms with Gasteiger partial charge in [0.1, 0.15) is 0 Å². The second-order valence-corrected chi connectivity index (χ2v) is 7.64. The number of thiazole rings is 1. The Bertz CT molecular complexity index is 755. The van der Waals surface area contributed by atoms with Gasteiger partial charge >= 0.3 is 4.87 Å². The first kappa shape index (κ1) is 17.0. The first-order chi connectivity index (χ1) is 11.6. The number of carbonyl (C=O) groups excluding carboxylic acids is 1. The molecule has 5 heteroatoms. The average Bonchev–Trinajstić information content (AvgIpc) is 2.86. The molecular weight excluding hydrogens is 320 g/mol. The van der Waals surface area contributed by atoms with E-state index in [1.807, 2.05) is 24.8 Å². The Kier molecular flexibility index (Phi) is 5.19. The van der Waals surface area contributed by atoms with E-state index < -0.39 is 0 Å². The van der Waals surface area contributed by atoms with Crippen molar-refractivity contribution in [1.29, 1.82) is 0 Å². The van der Waals surface area contributed by atoms with E-state index in [2.05, 4.69) is 24.3 Å². The van der Waals surface area contributed by atoms with Gasteiger partial charge < -0.3 is 9.47 Å². The van der Waals surface area contributed by atoms with Crippen LogP contribution in [0.3, 0.4) is 0 Å². The molecule has 0 saturated carbocycles. The van der Waals surface area contributed by atoms with Crippen LogP contribution in [0.5, 0.6) is 0 Å². The molecule has 0 radical (unpaired) electrons. The fourth-order valence-corrected chi connectivity index (χ4v) is 4.26. The van der Waals surface area contributed by atoms with Gasteiger partial charge in [-0.3, -0.25) is 9.59 Å². The first-order valence-corrected chi connectivity index (χ1v) is 9.37. The minimum Gasteiger partial charge on any atom is -0.343 e. The lowest BCUT2D eigenvalue weighted by molar-refractivity contribution is -0.132. The molecule has 128 valence electrons. The molecule has 1 fully saturated rings. The van der Waals surface area contributed by atoms with Crippen LogP contribution >= 0.6 is 11.3 Å². The van der Waals surface area contributed by atoms with Gasteiger partial charge in [-0.05, 0) is 38.2 Å². The molecule has 1 aromatic carbocycles. The lowest BCUT2D eigenvalue weighted by atomic mass is 9.89. The minimum absolute atomic E-state index is 0.0422. The van der Waals surface area contributed by atoms with Crippen LogP contribution in [0.25, 0.3) is 0 Å². The summed E-state index contributed by atoms with van der Waals surface area (Å²) >= 11 is 1.26. The van der Waals surface area contributed by atoms with E-state index in [-0.39, 0.29) is 10.8 Å². The molecule has 1 aliphatic heterocycles. The number of nitrogens with zero attached hydrogens (tertiary/aromatic N) is 2. The van der Waals surface area contributed by atoms with Crippen LogP contribution in [0.4, 0.5) is 0 Å². The predicted octanol–water partition coefficient (Wildman–Crippen LogP) is 3.32. The third-order valence-electron chi connectivity index (χ3n) is 5.04. The van der Waals surface area contributed by atoms with Crippen molar-refractivity contribution in [3.8, 4) is 0 Å². The normalized spacial score (nSPS) is 15.7. The van der Waals surface area contributed by atoms with Crippen molar-refractivity contribution in [2.75, 3.05) is 13.1 Å². The summed E-state index contributed by atoms with van der Waals surface area (Å²) < 4.78 is 1.73. The van der Waals surface area contributed by atoms with Crippen LogP contribution in [0, 0.1) is 13.8 Å². The molecule has 0 bridgehead atoms. The van der Waals surface area contributed by atoms with E-state index in [4.69, 9.17) is 0 Å². The number of carbonyl (C=O) groups is 1. The number of piperidine rings is 1. The average molecular weight is 344 g/mol. The van der Waals surface area contributed by atoms with Crippen LogP contribution in [0.15, 0.2) is 35.1 Å². The third kappa shape index (κ3) is 3.61. The zero-order chi connectivity index (χ0) is 17.1. The van der Waals surface area contributed by atoms with Crippen LogP contribution in [0.2, 0.25) is 0 Å². The Labute approximate surface area is 146 Å². The molecule has 4 nitrogen and oxygen atoms in total. The quantitative estimate of drug-likeness (QED) is 0.854. The van der Waals surface area contributed by atoms with Gasteiger partial charge in [-0.25, -0.2) is 0 Å². The number of likely N-dealkylation sites (tertiary alicyclic amines) is 1. The van der Waals surface area contributed by atoms with E-state index in [9.17, 15) is 9.59 Å². The van der Waals surface area contributed by atoms with Gasteiger partial charge in [0, 0.05) is 36.6 Å². The van der Waals surface area contributed by atoms with Gasteiger partial charge in [0.05, 0.1) is 0 Å². The molecule has 1 amide bonds. The van der Waals surface area contributed by atoms with Gasteiger partial charge in [-0.1, -0.05) is 41.7 Å². The summed E-state index contributed by atoms with van der Waals surface area (Å²) in [5.41, 5.74) is 2.36. The first-order valence-electron chi connectivity index (χ1n) is 8.56. The Hall–Kier alpha value is -1.88. The van der Waals surface area contributed by atoms with Crippen molar-refractivity contribution >= 4 is 17.2 Å². The summed E-state index contributed by atoms with van der Waals surface area (Å²) in [5.74, 6) is 0.719. The maximum Gasteiger partial charge on any atom is 0.307 e. The number of benzene rings is 1. The molecule has 24 heavy (non-hydrogen) atoms. The van der Waals surface area contributed by atoms with Gasteiger partial charge in [0.15, 0.2) is 0 Å². The minimum atomic E-state index is 0.0422. The number of hydrogen-bond acceptors (Lipinski definition) is 3. The second kappa shape index (κ2) is 7.34. The molecule has 2 aromatic rings. The molecule has 1 saturated heterocycles. The van der Waals surface area contributed by atoms with E-state index in [1.54, 1.807) is 4.57 Å². The van der Waals surface area contributed by atoms with Crippen LogP contribution < -0.4 is 4.87 Å². The highest BCUT2D eigenvalue weighted by atomic mass is 32.1. The molecule has 0 aliphatic carbocycles. The van der Waals surface area contributed by atoms with E-state index in [0.29, 0.717) is 18.9 Å². The van der Waals surface area contributed by atoms with Gasteiger partial charge in [0.2, 0.25) is 5.91 Å². The van der Waals surface area contributed by atoms with Crippen molar-refractivity contribution in [3.05, 3.63) is 56.1 Å². The predicted molar refractivity (Wildman–Crippen MR) is 97.7 cm³/mol. The highest BCUT2D eigenvalue weighted by Gasteiger charge is 2.23. The Morgan fingerprint density at radius 1 is 1.17 bits per heavy atom. The molecular formula is C19H24N2O2S. The molecule has 1 aliphatic rings. The van der Waals surface area contributed by atoms with Crippen molar-refractivity contribution < 1.29 is 4.79 Å². The Morgan fingerprint density at radius 3 is 2.42 bits per heavy atom. The van der Waals surface area contributed by atoms with Crippen LogP contribution in [0.1, 0.15) is 41.3 Å². The zero-order valence-electron chi connectivity index (χ0n) is 14.3. The fraction of sp³-hybridized carbons (Fsp3) is 0.474. The summed E-state index contributed by atoms with van der Waals surface area (Å²) in [6, 6.07) is 10.6. The summed E-state index contributed by atoms with van der Waals surface area (Å²) in [4.78, 5) is 27.4. The molecule has 0 atom stereocenters. The lowest BCUT2D eigenvalue weighted by Crippen LogP contribution is -2.38. The van der Waals surface area contributed by atoms with E-state index in [1.165, 1.54) is 16.9 Å². The molecule has 0 unspecified atom stereocenters. The highest BCUT2D eigenvalue weighted by molar-refractivity contribution is 7.09. The van der Waals surface area contributed by atoms with Crippen LogP contribution in [-0.2, 0) is 11.3 Å². The summed E-state index contributed by atoms with van der Waals surface area (Å²) in [5, 5.41) is 0. The topological polar surface area (TPSA) is 42.3 Å². The molecule has 0 N–H and O–H groups in total. The Balaban J connectivity index is 1.53. The summed E-state index contributed by atoms with van der Waals surface area (Å²) in [6.45, 7) is 6.02. The van der Waals surface area contributed by atoms with E-state index in [0.717, 1.165) is 36.5 Å². The number of aryl methyl sites for hydroxylation is 1. The van der Waals surface area contributed by atoms with E-state index >= 15 is 0 Å². The SMILES string of the molecule is Cc1sc(=O)n(CCC(=O)N2CCC(c3ccccc3)CC2)c1C. The van der Waals surface area contributed by atoms with Crippen molar-refractivity contribution in [3.63, 3.8) is 0 Å². The monoisotopic (exact) mass is 344 g/mol. The fourth-order valence-electron chi connectivity index (χ4n) is 3.40. The summed E-state index contributed by atoms with van der Waals surface area (Å²) in [7, 11) is 0. The van der Waals surface area contributed by atoms with Crippen molar-refractivity contribution in [2.45, 2.75) is 45.6 Å². The van der Waals surface area contributed by atoms with Crippen LogP contribution in [-0.4, -0.2) is 28.5 Å². The maximum absolute atomic E-state index is 12.5. The molecule has 1 aromatic heterocycles. The molecule has 0 spiro atoms. The zero-order valence-corrected chi connectivity index (χ0v) is 15.1. The molecule has 2 heterocycles. The molecule has 3 rings (SSSR count). The van der Waals surface area contributed by atoms with Gasteiger partial charge in [-0.15, -0.1) is 0 Å². The number of hydrogen-bond donors (Lipinski definition) is 0. The van der Waals surface area contributed by atoms with Gasteiger partial charge in [0.25, 0.3) is 0 Å². The largest absolute Gasteiger partial charge is 0.343 e. The Morgan fingerprint density at radius 2 is 1.83 bits per heavy atom. The van der Waals surface area contributed by atoms with Gasteiger partial charge in [-0.2, -0.15) is 0 Å². The van der Waals surface area contributed by atoms with Crippen molar-refractivity contribution in [2.24, 2.45) is 0 Å². The number of amides is 1. The summed E-state index contributed by atoms with van der Waals surface area (Å²) in [6.07, 6.45) is 2.45. The smallest absolute Gasteiger partial charge is 0.307 e. The second-order valence-electron chi connectivity index (χ2n) is 6.48.